The maximum atomic E-state index is 6.12. The van der Waals surface area contributed by atoms with E-state index in [9.17, 15) is 0 Å². The average molecular weight is 335 g/mol. The number of fused-ring (bicyclic) bond motifs is 3. The predicted molar refractivity (Wildman–Crippen MR) is 97.6 cm³/mol. The van der Waals surface area contributed by atoms with E-state index in [0.717, 1.165) is 34.2 Å². The van der Waals surface area contributed by atoms with Gasteiger partial charge in [-0.1, -0.05) is 41.9 Å². The molecule has 0 bridgehead atoms. The second kappa shape index (κ2) is 5.21. The van der Waals surface area contributed by atoms with Gasteiger partial charge >= 0.3 is 0 Å². The van der Waals surface area contributed by atoms with Crippen LogP contribution in [0.15, 0.2) is 54.9 Å². The Morgan fingerprint density at radius 1 is 1.08 bits per heavy atom. The fraction of sp³-hybridized carbons (Fsp3) is 0.158. The highest BCUT2D eigenvalue weighted by Crippen LogP contribution is 2.43. The summed E-state index contributed by atoms with van der Waals surface area (Å²) in [5.74, 6) is 1.41. The minimum absolute atomic E-state index is 0.417. The second-order valence-corrected chi connectivity index (χ2v) is 6.70. The van der Waals surface area contributed by atoms with Crippen molar-refractivity contribution in [2.45, 2.75) is 18.4 Å². The molecule has 5 rings (SSSR count). The van der Waals surface area contributed by atoms with Crippen LogP contribution >= 0.6 is 11.6 Å². The molecule has 4 nitrogen and oxygen atoms in total. The molecule has 1 saturated carbocycles. The molecule has 4 aromatic rings. The lowest BCUT2D eigenvalue weighted by molar-refractivity contribution is 1.03. The molecular formula is C19H15ClN4. The van der Waals surface area contributed by atoms with E-state index < -0.39 is 0 Å². The Morgan fingerprint density at radius 3 is 2.83 bits per heavy atom. The molecule has 0 aliphatic heterocycles. The van der Waals surface area contributed by atoms with Crippen LogP contribution in [0, 0.1) is 0 Å². The molecule has 118 valence electrons. The number of benzene rings is 2. The quantitative estimate of drug-likeness (QED) is 0.569. The van der Waals surface area contributed by atoms with Crippen molar-refractivity contribution >= 4 is 39.4 Å². The summed E-state index contributed by atoms with van der Waals surface area (Å²) < 4.78 is 0. The van der Waals surface area contributed by atoms with Gasteiger partial charge in [-0.25, -0.2) is 9.97 Å². The number of H-pyrrole nitrogens is 1. The van der Waals surface area contributed by atoms with E-state index in [1.807, 2.05) is 18.2 Å². The predicted octanol–water partition coefficient (Wildman–Crippen LogP) is 4.73. The molecule has 2 aromatic carbocycles. The topological polar surface area (TPSA) is 53.6 Å². The lowest BCUT2D eigenvalue weighted by Crippen LogP contribution is -2.06. The number of aromatic amines is 1. The van der Waals surface area contributed by atoms with Gasteiger partial charge in [-0.3, -0.25) is 0 Å². The van der Waals surface area contributed by atoms with Crippen molar-refractivity contribution in [3.05, 3.63) is 65.4 Å². The van der Waals surface area contributed by atoms with Crippen molar-refractivity contribution < 1.29 is 0 Å². The van der Waals surface area contributed by atoms with Gasteiger partial charge in [-0.15, -0.1) is 0 Å². The van der Waals surface area contributed by atoms with E-state index in [-0.39, 0.29) is 0 Å². The molecule has 1 aliphatic rings. The zero-order chi connectivity index (χ0) is 16.1. The number of anilines is 1. The summed E-state index contributed by atoms with van der Waals surface area (Å²) in [6.07, 6.45) is 2.74. The number of hydrogen-bond acceptors (Lipinski definition) is 3. The molecular weight excluding hydrogens is 320 g/mol. The molecule has 1 fully saturated rings. The molecule has 0 spiro atoms. The molecule has 0 amide bonds. The van der Waals surface area contributed by atoms with Crippen LogP contribution in [0.4, 0.5) is 5.82 Å². The molecule has 24 heavy (non-hydrogen) atoms. The molecule has 0 radical (unpaired) electrons. The zero-order valence-electron chi connectivity index (χ0n) is 12.8. The van der Waals surface area contributed by atoms with E-state index in [1.54, 1.807) is 6.33 Å². The largest absolute Gasteiger partial charge is 0.365 e. The molecule has 2 heterocycles. The summed E-state index contributed by atoms with van der Waals surface area (Å²) in [5.41, 5.74) is 4.24. The van der Waals surface area contributed by atoms with Crippen molar-refractivity contribution in [1.82, 2.24) is 15.0 Å². The summed E-state index contributed by atoms with van der Waals surface area (Å²) in [6, 6.07) is 16.8. The Balaban J connectivity index is 1.51. The van der Waals surface area contributed by atoms with Gasteiger partial charge in [-0.2, -0.15) is 0 Å². The van der Waals surface area contributed by atoms with E-state index in [0.29, 0.717) is 17.0 Å². The monoisotopic (exact) mass is 334 g/mol. The van der Waals surface area contributed by atoms with Gasteiger partial charge in [0.2, 0.25) is 0 Å². The highest BCUT2D eigenvalue weighted by molar-refractivity contribution is 6.31. The standard InChI is InChI=1S/C19H15ClN4/c20-12-6-7-15-14(8-12)17-18(23-15)19(22-10-21-17)24-16-9-13(16)11-4-2-1-3-5-11/h1-8,10,13,16,23H,9H2,(H,21,22,24). The number of nitrogens with one attached hydrogen (secondary N) is 2. The van der Waals surface area contributed by atoms with Gasteiger partial charge in [0, 0.05) is 27.9 Å². The summed E-state index contributed by atoms with van der Waals surface area (Å²) in [4.78, 5) is 12.3. The first-order valence-corrected chi connectivity index (χ1v) is 8.41. The molecule has 2 atom stereocenters. The van der Waals surface area contributed by atoms with E-state index >= 15 is 0 Å². The van der Waals surface area contributed by atoms with Gasteiger partial charge in [0.15, 0.2) is 5.82 Å². The smallest absolute Gasteiger partial charge is 0.154 e. The SMILES string of the molecule is Clc1ccc2[nH]c3c(NC4CC4c4ccccc4)ncnc3c2c1. The molecule has 5 heteroatoms. The average Bonchev–Trinajstić information content (AvgIpc) is 3.28. The number of hydrogen-bond donors (Lipinski definition) is 2. The summed E-state index contributed by atoms with van der Waals surface area (Å²) in [5, 5.41) is 5.30. The number of aromatic nitrogens is 3. The first-order valence-electron chi connectivity index (χ1n) is 8.03. The molecule has 2 N–H and O–H groups in total. The van der Waals surface area contributed by atoms with Crippen molar-refractivity contribution in [1.29, 1.82) is 0 Å². The van der Waals surface area contributed by atoms with Crippen molar-refractivity contribution in [3.8, 4) is 0 Å². The first kappa shape index (κ1) is 13.8. The van der Waals surface area contributed by atoms with Crippen LogP contribution in [0.2, 0.25) is 5.02 Å². The third-order valence-corrected chi connectivity index (χ3v) is 4.92. The van der Waals surface area contributed by atoms with Crippen LogP contribution in [0.1, 0.15) is 17.9 Å². The van der Waals surface area contributed by atoms with Crippen LogP contribution in [-0.2, 0) is 0 Å². The maximum Gasteiger partial charge on any atom is 0.154 e. The number of nitrogens with zero attached hydrogens (tertiary/aromatic N) is 2. The minimum atomic E-state index is 0.417. The van der Waals surface area contributed by atoms with Gasteiger partial charge in [0.1, 0.15) is 17.4 Å². The zero-order valence-corrected chi connectivity index (χ0v) is 13.6. The number of halogens is 1. The van der Waals surface area contributed by atoms with E-state index in [2.05, 4.69) is 50.6 Å². The fourth-order valence-electron chi connectivity index (χ4n) is 3.37. The maximum absolute atomic E-state index is 6.12. The normalized spacial score (nSPS) is 19.7. The summed E-state index contributed by atoms with van der Waals surface area (Å²) in [6.45, 7) is 0. The third kappa shape index (κ3) is 2.22. The van der Waals surface area contributed by atoms with Crippen LogP contribution in [0.25, 0.3) is 21.9 Å². The van der Waals surface area contributed by atoms with Crippen LogP contribution in [0.5, 0.6) is 0 Å². The second-order valence-electron chi connectivity index (χ2n) is 6.26. The van der Waals surface area contributed by atoms with Crippen LogP contribution in [0.3, 0.4) is 0 Å². The van der Waals surface area contributed by atoms with Gasteiger partial charge in [0.05, 0.1) is 0 Å². The Kier molecular flexibility index (Phi) is 3.00. The van der Waals surface area contributed by atoms with Crippen molar-refractivity contribution in [2.75, 3.05) is 5.32 Å². The Bertz CT molecular complexity index is 1040. The third-order valence-electron chi connectivity index (χ3n) is 4.68. The molecule has 2 unspecified atom stereocenters. The first-order chi connectivity index (χ1) is 11.8. The molecule has 0 saturated heterocycles. The fourth-order valence-corrected chi connectivity index (χ4v) is 3.54. The van der Waals surface area contributed by atoms with Gasteiger partial charge in [0.25, 0.3) is 0 Å². The lowest BCUT2D eigenvalue weighted by atomic mass is 10.1. The molecule has 2 aromatic heterocycles. The Hall–Kier alpha value is -2.59. The number of rotatable bonds is 3. The lowest BCUT2D eigenvalue weighted by Gasteiger charge is -2.06. The highest BCUT2D eigenvalue weighted by atomic mass is 35.5. The van der Waals surface area contributed by atoms with Crippen LogP contribution in [-0.4, -0.2) is 21.0 Å². The van der Waals surface area contributed by atoms with Crippen molar-refractivity contribution in [2.24, 2.45) is 0 Å². The summed E-state index contributed by atoms with van der Waals surface area (Å²) in [7, 11) is 0. The molecule has 1 aliphatic carbocycles. The van der Waals surface area contributed by atoms with Crippen molar-refractivity contribution in [3.63, 3.8) is 0 Å². The summed E-state index contributed by atoms with van der Waals surface area (Å²) >= 11 is 6.12. The minimum Gasteiger partial charge on any atom is -0.365 e. The van der Waals surface area contributed by atoms with Gasteiger partial charge < -0.3 is 10.3 Å². The Labute approximate surface area is 143 Å². The Morgan fingerprint density at radius 2 is 1.96 bits per heavy atom. The van der Waals surface area contributed by atoms with E-state index in [4.69, 9.17) is 11.6 Å². The van der Waals surface area contributed by atoms with Crippen LogP contribution < -0.4 is 5.32 Å². The van der Waals surface area contributed by atoms with Gasteiger partial charge in [-0.05, 0) is 30.2 Å². The van der Waals surface area contributed by atoms with E-state index in [1.165, 1.54) is 5.56 Å². The highest BCUT2D eigenvalue weighted by Gasteiger charge is 2.38.